The van der Waals surface area contributed by atoms with Crippen molar-refractivity contribution in [1.82, 2.24) is 10.3 Å². The number of benzene rings is 1. The molecule has 2 unspecified atom stereocenters. The van der Waals surface area contributed by atoms with Crippen LogP contribution in [0.4, 0.5) is 5.82 Å². The van der Waals surface area contributed by atoms with Crippen LogP contribution in [0.3, 0.4) is 0 Å². The average molecular weight is 283 g/mol. The summed E-state index contributed by atoms with van der Waals surface area (Å²) in [7, 11) is 2.18. The Balaban J connectivity index is 1.92. The molecule has 0 aliphatic heterocycles. The molecule has 3 heteroatoms. The second-order valence-corrected chi connectivity index (χ2v) is 6.30. The van der Waals surface area contributed by atoms with Crippen LogP contribution in [-0.2, 0) is 6.54 Å². The van der Waals surface area contributed by atoms with Gasteiger partial charge in [-0.15, -0.1) is 0 Å². The zero-order chi connectivity index (χ0) is 14.8. The molecule has 0 bridgehead atoms. The van der Waals surface area contributed by atoms with E-state index in [1.54, 1.807) is 0 Å². The molecule has 0 amide bonds. The molecule has 1 saturated carbocycles. The first-order chi connectivity index (χ1) is 10.2. The fourth-order valence-corrected chi connectivity index (χ4v) is 2.96. The molecule has 1 N–H and O–H groups in total. The molecule has 0 radical (unpaired) electrons. The molecule has 1 aromatic heterocycles. The zero-order valence-electron chi connectivity index (χ0n) is 13.3. The Morgan fingerprint density at radius 2 is 2.10 bits per heavy atom. The maximum atomic E-state index is 4.92. The van der Waals surface area contributed by atoms with Gasteiger partial charge in [0.05, 0.1) is 5.52 Å². The highest BCUT2D eigenvalue weighted by Crippen LogP contribution is 2.39. The van der Waals surface area contributed by atoms with Crippen molar-refractivity contribution >= 4 is 16.7 Å². The highest BCUT2D eigenvalue weighted by atomic mass is 15.2. The Morgan fingerprint density at radius 1 is 1.33 bits per heavy atom. The minimum Gasteiger partial charge on any atom is -0.359 e. The molecular weight excluding hydrogens is 258 g/mol. The minimum atomic E-state index is 0.843. The van der Waals surface area contributed by atoms with Crippen molar-refractivity contribution in [2.24, 2.45) is 11.8 Å². The third-order valence-corrected chi connectivity index (χ3v) is 4.49. The number of nitrogens with zero attached hydrogens (tertiary/aromatic N) is 2. The van der Waals surface area contributed by atoms with Crippen LogP contribution in [0.1, 0.15) is 25.8 Å². The number of hydrogen-bond donors (Lipinski definition) is 1. The molecule has 2 atom stereocenters. The topological polar surface area (TPSA) is 28.2 Å². The van der Waals surface area contributed by atoms with Crippen molar-refractivity contribution < 1.29 is 0 Å². The average Bonchev–Trinajstić information content (AvgIpc) is 3.19. The lowest BCUT2D eigenvalue weighted by Gasteiger charge is -2.22. The van der Waals surface area contributed by atoms with E-state index in [4.69, 9.17) is 4.98 Å². The number of aromatic nitrogens is 1. The van der Waals surface area contributed by atoms with Crippen LogP contribution in [0.25, 0.3) is 10.9 Å². The second kappa shape index (κ2) is 6.02. The number of para-hydroxylation sites is 1. The molecule has 0 spiro atoms. The summed E-state index contributed by atoms with van der Waals surface area (Å²) in [5, 5.41) is 4.66. The molecule has 21 heavy (non-hydrogen) atoms. The van der Waals surface area contributed by atoms with Crippen LogP contribution >= 0.6 is 0 Å². The minimum absolute atomic E-state index is 0.843. The lowest BCUT2D eigenvalue weighted by molar-refractivity contribution is 0.699. The maximum absolute atomic E-state index is 4.92. The predicted octanol–water partition coefficient (Wildman–Crippen LogP) is 3.44. The molecule has 3 rings (SSSR count). The largest absolute Gasteiger partial charge is 0.359 e. The molecule has 1 aromatic carbocycles. The number of anilines is 1. The molecule has 0 saturated heterocycles. The van der Waals surface area contributed by atoms with Gasteiger partial charge in [0.2, 0.25) is 0 Å². The summed E-state index contributed by atoms with van der Waals surface area (Å²) in [5.41, 5.74) is 2.38. The quantitative estimate of drug-likeness (QED) is 0.880. The van der Waals surface area contributed by atoms with E-state index in [1.165, 1.54) is 17.4 Å². The Hall–Kier alpha value is -1.61. The van der Waals surface area contributed by atoms with E-state index in [2.05, 4.69) is 61.4 Å². The van der Waals surface area contributed by atoms with E-state index in [1.807, 2.05) is 0 Å². The summed E-state index contributed by atoms with van der Waals surface area (Å²) in [4.78, 5) is 7.26. The van der Waals surface area contributed by atoms with E-state index in [0.717, 1.165) is 42.8 Å². The summed E-state index contributed by atoms with van der Waals surface area (Å²) in [6.07, 6.45) is 1.36. The number of hydrogen-bond acceptors (Lipinski definition) is 3. The van der Waals surface area contributed by atoms with Gasteiger partial charge in [0.15, 0.2) is 0 Å². The lowest BCUT2D eigenvalue weighted by atomic mass is 10.1. The van der Waals surface area contributed by atoms with Crippen LogP contribution in [0.2, 0.25) is 0 Å². The van der Waals surface area contributed by atoms with Gasteiger partial charge < -0.3 is 10.2 Å². The Kier molecular flexibility index (Phi) is 4.11. The van der Waals surface area contributed by atoms with Crippen LogP contribution < -0.4 is 10.2 Å². The van der Waals surface area contributed by atoms with Crippen LogP contribution in [0.5, 0.6) is 0 Å². The number of pyridine rings is 1. The van der Waals surface area contributed by atoms with Crippen molar-refractivity contribution in [3.8, 4) is 0 Å². The molecule has 1 fully saturated rings. The summed E-state index contributed by atoms with van der Waals surface area (Å²) >= 11 is 0. The van der Waals surface area contributed by atoms with Gasteiger partial charge >= 0.3 is 0 Å². The number of fused-ring (bicyclic) bond motifs is 1. The van der Waals surface area contributed by atoms with Gasteiger partial charge in [-0.2, -0.15) is 0 Å². The van der Waals surface area contributed by atoms with Gasteiger partial charge in [-0.1, -0.05) is 32.0 Å². The van der Waals surface area contributed by atoms with Gasteiger partial charge in [0, 0.05) is 31.1 Å². The van der Waals surface area contributed by atoms with E-state index in [9.17, 15) is 0 Å². The fraction of sp³-hybridized carbons (Fsp3) is 0.500. The standard InChI is InChI=1S/C18H25N3/c1-4-19-11-15-10-14-7-5-6-8-17(14)20-18(15)21(3)12-16-9-13(16)2/h5-8,10,13,16,19H,4,9,11-12H2,1-3H3. The molecule has 112 valence electrons. The van der Waals surface area contributed by atoms with E-state index in [-0.39, 0.29) is 0 Å². The molecular formula is C18H25N3. The zero-order valence-corrected chi connectivity index (χ0v) is 13.3. The van der Waals surface area contributed by atoms with Crippen LogP contribution in [0.15, 0.2) is 30.3 Å². The van der Waals surface area contributed by atoms with Crippen molar-refractivity contribution in [2.45, 2.75) is 26.8 Å². The second-order valence-electron chi connectivity index (χ2n) is 6.30. The first-order valence-electron chi connectivity index (χ1n) is 7.99. The van der Waals surface area contributed by atoms with Gasteiger partial charge in [-0.3, -0.25) is 0 Å². The molecule has 1 aliphatic carbocycles. The fourth-order valence-electron chi connectivity index (χ4n) is 2.96. The van der Waals surface area contributed by atoms with E-state index < -0.39 is 0 Å². The summed E-state index contributed by atoms with van der Waals surface area (Å²) in [5.74, 6) is 2.86. The van der Waals surface area contributed by atoms with Crippen LogP contribution in [-0.4, -0.2) is 25.1 Å². The SMILES string of the molecule is CCNCc1cc2ccccc2nc1N(C)CC1CC1C. The number of nitrogens with one attached hydrogen (secondary N) is 1. The van der Waals surface area contributed by atoms with E-state index >= 15 is 0 Å². The molecule has 2 aromatic rings. The highest BCUT2D eigenvalue weighted by Gasteiger charge is 2.33. The van der Waals surface area contributed by atoms with Crippen LogP contribution in [0, 0.1) is 11.8 Å². The Bertz CT molecular complexity index is 623. The first kappa shape index (κ1) is 14.3. The summed E-state index contributed by atoms with van der Waals surface area (Å²) in [6, 6.07) is 10.7. The summed E-state index contributed by atoms with van der Waals surface area (Å²) < 4.78 is 0. The lowest BCUT2D eigenvalue weighted by Crippen LogP contribution is -2.24. The molecule has 1 heterocycles. The van der Waals surface area contributed by atoms with Gasteiger partial charge in [0.25, 0.3) is 0 Å². The highest BCUT2D eigenvalue weighted by molar-refractivity contribution is 5.81. The Morgan fingerprint density at radius 3 is 2.81 bits per heavy atom. The predicted molar refractivity (Wildman–Crippen MR) is 89.7 cm³/mol. The van der Waals surface area contributed by atoms with Crippen molar-refractivity contribution in [3.63, 3.8) is 0 Å². The first-order valence-corrected chi connectivity index (χ1v) is 7.99. The Labute approximate surface area is 127 Å². The van der Waals surface area contributed by atoms with Gasteiger partial charge in [0.1, 0.15) is 5.82 Å². The molecule has 1 aliphatic rings. The third-order valence-electron chi connectivity index (χ3n) is 4.49. The smallest absolute Gasteiger partial charge is 0.133 e. The van der Waals surface area contributed by atoms with Gasteiger partial charge in [-0.25, -0.2) is 4.98 Å². The van der Waals surface area contributed by atoms with Crippen molar-refractivity contribution in [2.75, 3.05) is 25.0 Å². The number of rotatable bonds is 6. The molecule has 3 nitrogen and oxygen atoms in total. The van der Waals surface area contributed by atoms with Crippen molar-refractivity contribution in [3.05, 3.63) is 35.9 Å². The third kappa shape index (κ3) is 3.18. The monoisotopic (exact) mass is 283 g/mol. The normalized spacial score (nSPS) is 20.7. The maximum Gasteiger partial charge on any atom is 0.133 e. The van der Waals surface area contributed by atoms with Gasteiger partial charge in [-0.05, 0) is 36.9 Å². The summed E-state index contributed by atoms with van der Waals surface area (Å²) in [6.45, 7) is 7.46. The van der Waals surface area contributed by atoms with Crippen molar-refractivity contribution in [1.29, 1.82) is 0 Å². The van der Waals surface area contributed by atoms with E-state index in [0.29, 0.717) is 0 Å².